The first kappa shape index (κ1) is 11.5. The van der Waals surface area contributed by atoms with Gasteiger partial charge in [0.05, 0.1) is 12.3 Å². The molecule has 1 aliphatic heterocycles. The van der Waals surface area contributed by atoms with Crippen LogP contribution in [0.1, 0.15) is 30.5 Å². The number of aromatic nitrogens is 4. The van der Waals surface area contributed by atoms with Crippen molar-refractivity contribution in [3.8, 4) is 0 Å². The molecule has 0 amide bonds. The van der Waals surface area contributed by atoms with Crippen molar-refractivity contribution in [2.75, 3.05) is 11.4 Å². The molecular weight excluding hydrogens is 254 g/mol. The largest absolute Gasteiger partial charge is 0.467 e. The number of hydrogen-bond donors (Lipinski definition) is 0. The molecule has 0 N–H and O–H groups in total. The van der Waals surface area contributed by atoms with Crippen molar-refractivity contribution in [3.05, 3.63) is 42.1 Å². The Labute approximate surface area is 116 Å². The van der Waals surface area contributed by atoms with Gasteiger partial charge in [0.15, 0.2) is 11.5 Å². The van der Waals surface area contributed by atoms with E-state index in [0.29, 0.717) is 0 Å². The molecule has 0 aliphatic carbocycles. The molecule has 4 heterocycles. The van der Waals surface area contributed by atoms with Gasteiger partial charge in [-0.15, -0.1) is 14.8 Å². The molecule has 6 nitrogen and oxygen atoms in total. The highest BCUT2D eigenvalue weighted by Gasteiger charge is 2.29. The molecule has 6 heteroatoms. The van der Waals surface area contributed by atoms with Gasteiger partial charge in [-0.3, -0.25) is 0 Å². The molecular formula is C14H15N5O. The second-order valence-corrected chi connectivity index (χ2v) is 5.07. The van der Waals surface area contributed by atoms with Crippen molar-refractivity contribution >= 4 is 11.5 Å². The highest BCUT2D eigenvalue weighted by molar-refractivity contribution is 5.47. The summed E-state index contributed by atoms with van der Waals surface area (Å²) in [7, 11) is 0. The van der Waals surface area contributed by atoms with E-state index in [-0.39, 0.29) is 6.04 Å². The summed E-state index contributed by atoms with van der Waals surface area (Å²) in [4.78, 5) is 6.58. The summed E-state index contributed by atoms with van der Waals surface area (Å²) >= 11 is 0. The topological polar surface area (TPSA) is 59.5 Å². The second-order valence-electron chi connectivity index (χ2n) is 5.07. The van der Waals surface area contributed by atoms with Crippen LogP contribution in [0.15, 0.2) is 34.9 Å². The van der Waals surface area contributed by atoms with Gasteiger partial charge in [0, 0.05) is 6.54 Å². The third-order valence-electron chi connectivity index (χ3n) is 3.72. The van der Waals surface area contributed by atoms with Gasteiger partial charge in [-0.1, -0.05) is 0 Å². The van der Waals surface area contributed by atoms with E-state index in [1.165, 1.54) is 0 Å². The first-order chi connectivity index (χ1) is 9.81. The summed E-state index contributed by atoms with van der Waals surface area (Å²) in [5.74, 6) is 2.65. The van der Waals surface area contributed by atoms with Gasteiger partial charge in [0.25, 0.3) is 0 Å². The molecule has 1 fully saturated rings. The maximum Gasteiger partial charge on any atom is 0.176 e. The van der Waals surface area contributed by atoms with Crippen molar-refractivity contribution in [3.63, 3.8) is 0 Å². The van der Waals surface area contributed by atoms with Crippen LogP contribution in [0.4, 0.5) is 5.82 Å². The SMILES string of the molecule is Cc1nc2ccc(N3CCCC3c3ccco3)nn2n1. The summed E-state index contributed by atoms with van der Waals surface area (Å²) in [6.07, 6.45) is 3.95. The van der Waals surface area contributed by atoms with E-state index < -0.39 is 0 Å². The van der Waals surface area contributed by atoms with E-state index in [9.17, 15) is 0 Å². The fraction of sp³-hybridized carbons (Fsp3) is 0.357. The van der Waals surface area contributed by atoms with E-state index in [0.717, 1.165) is 42.4 Å². The highest BCUT2D eigenvalue weighted by Crippen LogP contribution is 2.35. The zero-order valence-corrected chi connectivity index (χ0v) is 11.2. The highest BCUT2D eigenvalue weighted by atomic mass is 16.3. The zero-order chi connectivity index (χ0) is 13.5. The maximum absolute atomic E-state index is 5.56. The monoisotopic (exact) mass is 269 g/mol. The van der Waals surface area contributed by atoms with Gasteiger partial charge in [-0.05, 0) is 44.0 Å². The zero-order valence-electron chi connectivity index (χ0n) is 11.2. The van der Waals surface area contributed by atoms with Crippen LogP contribution in [-0.4, -0.2) is 26.4 Å². The van der Waals surface area contributed by atoms with E-state index >= 15 is 0 Å². The van der Waals surface area contributed by atoms with Crippen LogP contribution in [0.3, 0.4) is 0 Å². The Morgan fingerprint density at radius 1 is 1.25 bits per heavy atom. The summed E-state index contributed by atoms with van der Waals surface area (Å²) in [6, 6.07) is 8.19. The molecule has 0 bridgehead atoms. The van der Waals surface area contributed by atoms with Crippen LogP contribution in [-0.2, 0) is 0 Å². The molecule has 1 unspecified atom stereocenters. The van der Waals surface area contributed by atoms with Gasteiger partial charge in [-0.25, -0.2) is 4.98 Å². The second kappa shape index (κ2) is 4.33. The van der Waals surface area contributed by atoms with Crippen LogP contribution in [0.25, 0.3) is 5.65 Å². The molecule has 20 heavy (non-hydrogen) atoms. The van der Waals surface area contributed by atoms with E-state index in [2.05, 4.69) is 20.1 Å². The fourth-order valence-electron chi connectivity index (χ4n) is 2.85. The van der Waals surface area contributed by atoms with E-state index in [1.54, 1.807) is 10.9 Å². The van der Waals surface area contributed by atoms with Crippen molar-refractivity contribution in [2.45, 2.75) is 25.8 Å². The van der Waals surface area contributed by atoms with Gasteiger partial charge in [-0.2, -0.15) is 0 Å². The Hall–Kier alpha value is -2.37. The molecule has 1 atom stereocenters. The van der Waals surface area contributed by atoms with Crippen molar-refractivity contribution in [1.29, 1.82) is 0 Å². The van der Waals surface area contributed by atoms with Crippen LogP contribution >= 0.6 is 0 Å². The standard InChI is InChI=1S/C14H15N5O/c1-10-15-13-6-7-14(17-19(13)16-10)18-8-2-4-11(18)12-5-3-9-20-12/h3,5-7,9,11H,2,4,8H2,1H3. The number of hydrogen-bond acceptors (Lipinski definition) is 5. The third-order valence-corrected chi connectivity index (χ3v) is 3.72. The first-order valence-corrected chi connectivity index (χ1v) is 6.82. The van der Waals surface area contributed by atoms with Crippen molar-refractivity contribution < 1.29 is 4.42 Å². The van der Waals surface area contributed by atoms with Gasteiger partial charge < -0.3 is 9.32 Å². The van der Waals surface area contributed by atoms with Gasteiger partial charge in [0.2, 0.25) is 0 Å². The summed E-state index contributed by atoms with van der Waals surface area (Å²) in [5.41, 5.74) is 0.778. The van der Waals surface area contributed by atoms with Gasteiger partial charge in [0.1, 0.15) is 11.6 Å². The first-order valence-electron chi connectivity index (χ1n) is 6.82. The summed E-state index contributed by atoms with van der Waals surface area (Å²) in [5, 5.41) is 8.84. The quantitative estimate of drug-likeness (QED) is 0.714. The van der Waals surface area contributed by atoms with Crippen molar-refractivity contribution in [1.82, 2.24) is 19.8 Å². The third kappa shape index (κ3) is 1.76. The minimum absolute atomic E-state index is 0.263. The van der Waals surface area contributed by atoms with Crippen LogP contribution in [0, 0.1) is 6.92 Å². The van der Waals surface area contributed by atoms with Crippen LogP contribution in [0.2, 0.25) is 0 Å². The molecule has 3 aromatic rings. The number of nitrogens with zero attached hydrogens (tertiary/aromatic N) is 5. The predicted molar refractivity (Wildman–Crippen MR) is 73.5 cm³/mol. The maximum atomic E-state index is 5.56. The van der Waals surface area contributed by atoms with Crippen LogP contribution < -0.4 is 4.90 Å². The normalized spacial score (nSPS) is 19.1. The smallest absolute Gasteiger partial charge is 0.176 e. The lowest BCUT2D eigenvalue weighted by atomic mass is 10.1. The Morgan fingerprint density at radius 2 is 2.20 bits per heavy atom. The number of fused-ring (bicyclic) bond motifs is 1. The molecule has 0 saturated carbocycles. The lowest BCUT2D eigenvalue weighted by Crippen LogP contribution is -2.24. The number of anilines is 1. The summed E-state index contributed by atoms with van der Waals surface area (Å²) in [6.45, 7) is 2.85. The Kier molecular flexibility index (Phi) is 2.48. The van der Waals surface area contributed by atoms with E-state index in [1.807, 2.05) is 31.2 Å². The predicted octanol–water partition coefficient (Wildman–Crippen LogP) is 2.37. The molecule has 0 spiro atoms. The lowest BCUT2D eigenvalue weighted by molar-refractivity contribution is 0.463. The number of aryl methyl sites for hydroxylation is 1. The molecule has 102 valence electrons. The minimum atomic E-state index is 0.263. The Balaban J connectivity index is 1.73. The van der Waals surface area contributed by atoms with Crippen LogP contribution in [0.5, 0.6) is 0 Å². The summed E-state index contributed by atoms with van der Waals surface area (Å²) < 4.78 is 7.16. The fourth-order valence-corrected chi connectivity index (χ4v) is 2.85. The van der Waals surface area contributed by atoms with Crippen molar-refractivity contribution in [2.24, 2.45) is 0 Å². The van der Waals surface area contributed by atoms with Gasteiger partial charge >= 0.3 is 0 Å². The lowest BCUT2D eigenvalue weighted by Gasteiger charge is -2.23. The average Bonchev–Trinajstić information content (AvgIpc) is 3.16. The molecule has 4 rings (SSSR count). The Bertz CT molecular complexity index is 733. The Morgan fingerprint density at radius 3 is 3.05 bits per heavy atom. The molecule has 0 aromatic carbocycles. The molecule has 1 saturated heterocycles. The molecule has 3 aromatic heterocycles. The van der Waals surface area contributed by atoms with E-state index in [4.69, 9.17) is 4.42 Å². The molecule has 0 radical (unpaired) electrons. The molecule has 1 aliphatic rings. The minimum Gasteiger partial charge on any atom is -0.467 e. The average molecular weight is 269 g/mol. The number of rotatable bonds is 2. The number of furan rings is 1.